The van der Waals surface area contributed by atoms with Crippen LogP contribution in [0, 0.1) is 17.6 Å². The number of amides is 1. The first-order valence-electron chi connectivity index (χ1n) is 6.35. The maximum absolute atomic E-state index is 14.2. The van der Waals surface area contributed by atoms with Gasteiger partial charge in [-0.2, -0.15) is 0 Å². The molecule has 1 saturated carbocycles. The summed E-state index contributed by atoms with van der Waals surface area (Å²) in [6.45, 7) is 1.79. The van der Waals surface area contributed by atoms with Crippen LogP contribution in [0.4, 0.5) is 8.78 Å². The van der Waals surface area contributed by atoms with Crippen LogP contribution in [0.3, 0.4) is 0 Å². The van der Waals surface area contributed by atoms with Gasteiger partial charge in [0, 0.05) is 6.54 Å². The van der Waals surface area contributed by atoms with Crippen LogP contribution in [0.5, 0.6) is 0 Å². The lowest BCUT2D eigenvalue weighted by Crippen LogP contribution is -2.26. The second kappa shape index (κ2) is 5.47. The first-order valence-corrected chi connectivity index (χ1v) is 8.01. The van der Waals surface area contributed by atoms with Crippen LogP contribution >= 0.6 is 0 Å². The Hall–Kier alpha value is -1.50. The molecule has 0 saturated heterocycles. The fourth-order valence-electron chi connectivity index (χ4n) is 1.92. The van der Waals surface area contributed by atoms with Crippen LogP contribution in [0.25, 0.3) is 0 Å². The lowest BCUT2D eigenvalue weighted by Gasteiger charge is -2.10. The van der Waals surface area contributed by atoms with Gasteiger partial charge in [0.05, 0.1) is 5.75 Å². The molecule has 1 aromatic rings. The Morgan fingerprint density at radius 2 is 2.00 bits per heavy atom. The Morgan fingerprint density at radius 3 is 2.55 bits per heavy atom. The average Bonchev–Trinajstić information content (AvgIpc) is 3.12. The van der Waals surface area contributed by atoms with E-state index in [2.05, 4.69) is 5.32 Å². The predicted molar refractivity (Wildman–Crippen MR) is 69.1 cm³/mol. The summed E-state index contributed by atoms with van der Waals surface area (Å²) in [5.41, 5.74) is -0.844. The molecule has 0 heterocycles. The zero-order valence-corrected chi connectivity index (χ0v) is 11.8. The molecule has 1 aromatic carbocycles. The quantitative estimate of drug-likeness (QED) is 0.845. The highest BCUT2D eigenvalue weighted by molar-refractivity contribution is 7.91. The molecule has 1 amide bonds. The first-order chi connectivity index (χ1) is 9.36. The van der Waals surface area contributed by atoms with E-state index in [-0.39, 0.29) is 18.2 Å². The van der Waals surface area contributed by atoms with Crippen molar-refractivity contribution in [2.24, 2.45) is 5.92 Å². The van der Waals surface area contributed by atoms with Crippen molar-refractivity contribution in [1.82, 2.24) is 5.32 Å². The molecule has 1 aliphatic rings. The van der Waals surface area contributed by atoms with Gasteiger partial charge in [0.2, 0.25) is 0 Å². The molecule has 1 N–H and O–H groups in total. The summed E-state index contributed by atoms with van der Waals surface area (Å²) >= 11 is 0. The van der Waals surface area contributed by atoms with Gasteiger partial charge in [-0.25, -0.2) is 17.2 Å². The zero-order chi connectivity index (χ0) is 14.9. The molecule has 0 spiro atoms. The number of carbonyl (C=O) groups excluding carboxylic acids is 1. The van der Waals surface area contributed by atoms with Crippen molar-refractivity contribution in [1.29, 1.82) is 0 Å². The Bertz CT molecular complexity index is 639. The summed E-state index contributed by atoms with van der Waals surface area (Å²) in [6.07, 6.45) is 1.59. The third-order valence-corrected chi connectivity index (χ3v) is 5.00. The normalized spacial score (nSPS) is 15.2. The molecule has 1 aliphatic carbocycles. The van der Waals surface area contributed by atoms with E-state index in [9.17, 15) is 22.0 Å². The third kappa shape index (κ3) is 2.98. The van der Waals surface area contributed by atoms with E-state index in [1.165, 1.54) is 0 Å². The number of rotatable bonds is 5. The molecule has 0 radical (unpaired) electrons. The summed E-state index contributed by atoms with van der Waals surface area (Å²) in [6, 6.07) is 1.69. The van der Waals surface area contributed by atoms with Crippen molar-refractivity contribution in [3.63, 3.8) is 0 Å². The Morgan fingerprint density at radius 1 is 1.35 bits per heavy atom. The minimum Gasteiger partial charge on any atom is -0.352 e. The summed E-state index contributed by atoms with van der Waals surface area (Å²) in [5, 5.41) is 2.26. The van der Waals surface area contributed by atoms with Crippen LogP contribution in [0.15, 0.2) is 17.0 Å². The van der Waals surface area contributed by atoms with Crippen LogP contribution in [-0.4, -0.2) is 26.6 Å². The van der Waals surface area contributed by atoms with Crippen LogP contribution in [-0.2, 0) is 9.84 Å². The molecule has 0 atom stereocenters. The van der Waals surface area contributed by atoms with Gasteiger partial charge in [0.15, 0.2) is 15.7 Å². The van der Waals surface area contributed by atoms with Crippen LogP contribution in [0.1, 0.15) is 30.1 Å². The Labute approximate surface area is 116 Å². The van der Waals surface area contributed by atoms with E-state index >= 15 is 0 Å². The van der Waals surface area contributed by atoms with E-state index in [0.29, 0.717) is 0 Å². The molecule has 20 heavy (non-hydrogen) atoms. The number of carbonyl (C=O) groups is 1. The molecule has 4 nitrogen and oxygen atoms in total. The second-order valence-corrected chi connectivity index (χ2v) is 6.82. The predicted octanol–water partition coefficient (Wildman–Crippen LogP) is 1.90. The number of nitrogens with one attached hydrogen (secondary N) is 1. The van der Waals surface area contributed by atoms with Crippen molar-refractivity contribution in [2.45, 2.75) is 24.7 Å². The van der Waals surface area contributed by atoms with Gasteiger partial charge in [-0.3, -0.25) is 4.79 Å². The Kier molecular flexibility index (Phi) is 4.08. The monoisotopic (exact) mass is 303 g/mol. The Balaban J connectivity index is 2.45. The van der Waals surface area contributed by atoms with Gasteiger partial charge in [-0.05, 0) is 37.8 Å². The highest BCUT2D eigenvalue weighted by Gasteiger charge is 2.32. The topological polar surface area (TPSA) is 63.2 Å². The fourth-order valence-corrected chi connectivity index (χ4v) is 3.70. The summed E-state index contributed by atoms with van der Waals surface area (Å²) in [4.78, 5) is 11.0. The van der Waals surface area contributed by atoms with E-state index in [1.54, 1.807) is 6.92 Å². The molecule has 0 unspecified atom stereocenters. The van der Waals surface area contributed by atoms with Gasteiger partial charge in [0.25, 0.3) is 5.91 Å². The highest BCUT2D eigenvalue weighted by atomic mass is 32.2. The van der Waals surface area contributed by atoms with Crippen molar-refractivity contribution < 1.29 is 22.0 Å². The van der Waals surface area contributed by atoms with Crippen LogP contribution in [0.2, 0.25) is 0 Å². The third-order valence-electron chi connectivity index (χ3n) is 3.11. The molecule has 0 aromatic heterocycles. The molecule has 1 fully saturated rings. The minimum atomic E-state index is -3.84. The molecule has 0 aliphatic heterocycles. The standard InChI is InChI=1S/C13H15F2NO3S/c1-2-16-13(17)11-9(14)5-6-10(12(11)15)20(18,19)7-8-3-4-8/h5-6,8H,2-4,7H2,1H3,(H,16,17). The highest BCUT2D eigenvalue weighted by Crippen LogP contribution is 2.33. The molecular formula is C13H15F2NO3S. The lowest BCUT2D eigenvalue weighted by atomic mass is 10.2. The number of sulfone groups is 1. The zero-order valence-electron chi connectivity index (χ0n) is 10.9. The van der Waals surface area contributed by atoms with Crippen LogP contribution < -0.4 is 5.32 Å². The molecule has 0 bridgehead atoms. The minimum absolute atomic E-state index is 0.0392. The maximum atomic E-state index is 14.2. The lowest BCUT2D eigenvalue weighted by molar-refractivity contribution is 0.0947. The second-order valence-electron chi connectivity index (χ2n) is 4.82. The van der Waals surface area contributed by atoms with E-state index in [0.717, 1.165) is 25.0 Å². The number of hydrogen-bond acceptors (Lipinski definition) is 3. The number of benzene rings is 1. The van der Waals surface area contributed by atoms with Crippen molar-refractivity contribution >= 4 is 15.7 Å². The SMILES string of the molecule is CCNC(=O)c1c(F)ccc(S(=O)(=O)CC2CC2)c1F. The smallest absolute Gasteiger partial charge is 0.257 e. The van der Waals surface area contributed by atoms with Gasteiger partial charge in [-0.1, -0.05) is 0 Å². The van der Waals surface area contributed by atoms with E-state index in [1.807, 2.05) is 0 Å². The van der Waals surface area contributed by atoms with E-state index < -0.39 is 37.8 Å². The van der Waals surface area contributed by atoms with Crippen molar-refractivity contribution in [2.75, 3.05) is 12.3 Å². The average molecular weight is 303 g/mol. The van der Waals surface area contributed by atoms with Gasteiger partial charge in [0.1, 0.15) is 16.3 Å². The molecule has 110 valence electrons. The van der Waals surface area contributed by atoms with Crippen molar-refractivity contribution in [3.8, 4) is 0 Å². The maximum Gasteiger partial charge on any atom is 0.257 e. The number of halogens is 2. The van der Waals surface area contributed by atoms with Gasteiger partial charge >= 0.3 is 0 Å². The van der Waals surface area contributed by atoms with Gasteiger partial charge in [-0.15, -0.1) is 0 Å². The molecule has 7 heteroatoms. The fraction of sp³-hybridized carbons (Fsp3) is 0.462. The molecule has 2 rings (SSSR count). The molecular weight excluding hydrogens is 288 g/mol. The van der Waals surface area contributed by atoms with Crippen molar-refractivity contribution in [3.05, 3.63) is 29.3 Å². The van der Waals surface area contributed by atoms with Gasteiger partial charge < -0.3 is 5.32 Å². The number of hydrogen-bond donors (Lipinski definition) is 1. The first kappa shape index (κ1) is 14.9. The van der Waals surface area contributed by atoms with E-state index in [4.69, 9.17) is 0 Å². The summed E-state index contributed by atoms with van der Waals surface area (Å²) in [5.74, 6) is -3.46. The largest absolute Gasteiger partial charge is 0.352 e. The summed E-state index contributed by atoms with van der Waals surface area (Å²) < 4.78 is 51.9. The summed E-state index contributed by atoms with van der Waals surface area (Å²) in [7, 11) is -3.84.